The molecule has 6 nitrogen and oxygen atoms in total. The molecular weight excluding hydrogens is 308 g/mol. The number of nitrogens with one attached hydrogen (secondary N) is 1. The van der Waals surface area contributed by atoms with Gasteiger partial charge in [-0.25, -0.2) is 4.99 Å². The molecule has 1 aliphatic heterocycles. The minimum Gasteiger partial charge on any atom is -0.481 e. The summed E-state index contributed by atoms with van der Waals surface area (Å²) in [5, 5.41) is 12.2. The quantitative estimate of drug-likeness (QED) is 0.834. The second kappa shape index (κ2) is 7.47. The number of hydrogen-bond donors (Lipinski definition) is 2. The second-order valence-corrected chi connectivity index (χ2v) is 6.34. The van der Waals surface area contributed by atoms with Crippen LogP contribution in [0.4, 0.5) is 0 Å². The minimum absolute atomic E-state index is 0.0961. The Bertz CT molecular complexity index is 627. The Labute approximate surface area is 141 Å². The van der Waals surface area contributed by atoms with Gasteiger partial charge in [-0.1, -0.05) is 44.2 Å². The van der Waals surface area contributed by atoms with Crippen LogP contribution in [0.1, 0.15) is 32.8 Å². The number of carbonyl (C=O) groups excluding carboxylic acids is 1. The van der Waals surface area contributed by atoms with E-state index in [2.05, 4.69) is 10.3 Å². The summed E-state index contributed by atoms with van der Waals surface area (Å²) in [4.78, 5) is 28.7. The largest absolute Gasteiger partial charge is 0.481 e. The number of carboxylic acids is 1. The molecule has 0 unspecified atom stereocenters. The van der Waals surface area contributed by atoms with Crippen LogP contribution in [0.15, 0.2) is 35.3 Å². The van der Waals surface area contributed by atoms with E-state index in [-0.39, 0.29) is 30.7 Å². The average molecular weight is 332 g/mol. The molecule has 2 N–H and O–H groups in total. The maximum atomic E-state index is 12.8. The van der Waals surface area contributed by atoms with Gasteiger partial charge in [-0.15, -0.1) is 0 Å². The number of aliphatic carboxylic acids is 1. The number of benzene rings is 1. The van der Waals surface area contributed by atoms with Crippen LogP contribution < -0.4 is 5.32 Å². The first kappa shape index (κ1) is 18.0. The lowest BCUT2D eigenvalue weighted by Crippen LogP contribution is -2.60. The lowest BCUT2D eigenvalue weighted by atomic mass is 9.84. The van der Waals surface area contributed by atoms with Gasteiger partial charge < -0.3 is 15.2 Å². The van der Waals surface area contributed by atoms with Crippen molar-refractivity contribution in [1.82, 2.24) is 5.32 Å². The molecule has 6 heteroatoms. The molecular formula is C18H24N2O4. The van der Waals surface area contributed by atoms with E-state index in [4.69, 9.17) is 4.74 Å². The summed E-state index contributed by atoms with van der Waals surface area (Å²) in [6.45, 7) is 6.17. The third-order valence-corrected chi connectivity index (χ3v) is 4.04. The fraction of sp³-hybridized carbons (Fsp3) is 0.500. The SMILES string of the molecule is CCOC1=N[C@](CC(=O)O)(Cc2ccccc2)C(=O)N[C@H]1C(C)C. The molecule has 130 valence electrons. The van der Waals surface area contributed by atoms with E-state index in [1.165, 1.54) is 0 Å². The van der Waals surface area contributed by atoms with Crippen LogP contribution >= 0.6 is 0 Å². The zero-order chi connectivity index (χ0) is 17.7. The zero-order valence-electron chi connectivity index (χ0n) is 14.3. The summed E-state index contributed by atoms with van der Waals surface area (Å²) in [7, 11) is 0. The number of aliphatic imine (C=N–C) groups is 1. The van der Waals surface area contributed by atoms with Crippen molar-refractivity contribution >= 4 is 17.8 Å². The van der Waals surface area contributed by atoms with Crippen molar-refractivity contribution in [2.75, 3.05) is 6.61 Å². The number of rotatable bonds is 6. The fourth-order valence-corrected chi connectivity index (χ4v) is 2.88. The van der Waals surface area contributed by atoms with Crippen LogP contribution in [-0.2, 0) is 20.7 Å². The summed E-state index contributed by atoms with van der Waals surface area (Å²) in [6.07, 6.45) is -0.164. The van der Waals surface area contributed by atoms with Crippen LogP contribution in [0.2, 0.25) is 0 Å². The van der Waals surface area contributed by atoms with Gasteiger partial charge in [0, 0.05) is 6.42 Å². The lowest BCUT2D eigenvalue weighted by Gasteiger charge is -2.37. The Hall–Kier alpha value is -2.37. The predicted octanol–water partition coefficient (Wildman–Crippen LogP) is 2.03. The molecule has 1 aliphatic rings. The van der Waals surface area contributed by atoms with Crippen LogP contribution in [0, 0.1) is 5.92 Å². The molecule has 0 saturated heterocycles. The van der Waals surface area contributed by atoms with Gasteiger partial charge >= 0.3 is 5.97 Å². The summed E-state index contributed by atoms with van der Waals surface area (Å²) < 4.78 is 5.62. The summed E-state index contributed by atoms with van der Waals surface area (Å²) in [5.41, 5.74) is -0.528. The predicted molar refractivity (Wildman–Crippen MR) is 91.0 cm³/mol. The van der Waals surface area contributed by atoms with Gasteiger partial charge in [0.15, 0.2) is 5.54 Å². The first-order valence-electron chi connectivity index (χ1n) is 8.17. The van der Waals surface area contributed by atoms with E-state index in [1.807, 2.05) is 51.1 Å². The molecule has 1 aromatic carbocycles. The van der Waals surface area contributed by atoms with Crippen molar-refractivity contribution in [3.8, 4) is 0 Å². The molecule has 0 radical (unpaired) electrons. The third kappa shape index (κ3) is 3.93. The number of ether oxygens (including phenoxy) is 1. The van der Waals surface area contributed by atoms with Crippen molar-refractivity contribution in [1.29, 1.82) is 0 Å². The lowest BCUT2D eigenvalue weighted by molar-refractivity contribution is -0.142. The van der Waals surface area contributed by atoms with Gasteiger partial charge in [0.1, 0.15) is 6.04 Å². The van der Waals surface area contributed by atoms with Crippen LogP contribution in [0.25, 0.3) is 0 Å². The molecule has 1 amide bonds. The number of amides is 1. The van der Waals surface area contributed by atoms with Crippen LogP contribution in [-0.4, -0.2) is 41.1 Å². The molecule has 0 aromatic heterocycles. The van der Waals surface area contributed by atoms with Gasteiger partial charge in [0.05, 0.1) is 13.0 Å². The van der Waals surface area contributed by atoms with E-state index in [9.17, 15) is 14.7 Å². The third-order valence-electron chi connectivity index (χ3n) is 4.04. The van der Waals surface area contributed by atoms with E-state index in [0.29, 0.717) is 12.5 Å². The van der Waals surface area contributed by atoms with Gasteiger partial charge in [0.25, 0.3) is 0 Å². The van der Waals surface area contributed by atoms with E-state index in [0.717, 1.165) is 5.56 Å². The zero-order valence-corrected chi connectivity index (χ0v) is 14.3. The second-order valence-electron chi connectivity index (χ2n) is 6.34. The summed E-state index contributed by atoms with van der Waals surface area (Å²) >= 11 is 0. The molecule has 0 spiro atoms. The number of nitrogens with zero attached hydrogens (tertiary/aromatic N) is 1. The van der Waals surface area contributed by atoms with E-state index in [1.54, 1.807) is 0 Å². The topological polar surface area (TPSA) is 88.0 Å². The standard InChI is InChI=1S/C18H24N2O4/c1-4-24-16-15(12(2)3)19-17(23)18(20-16,11-14(21)22)10-13-8-6-5-7-9-13/h5-9,12,15H,4,10-11H2,1-3H3,(H,19,23)(H,21,22)/t15-,18-/m0/s1. The Balaban J connectivity index is 2.47. The van der Waals surface area contributed by atoms with Crippen molar-refractivity contribution in [2.45, 2.75) is 45.2 Å². The molecule has 0 bridgehead atoms. The molecule has 2 rings (SSSR count). The first-order valence-corrected chi connectivity index (χ1v) is 8.17. The molecule has 0 fully saturated rings. The van der Waals surface area contributed by atoms with Gasteiger partial charge in [0.2, 0.25) is 11.8 Å². The first-order chi connectivity index (χ1) is 11.4. The van der Waals surface area contributed by atoms with Crippen LogP contribution in [0.3, 0.4) is 0 Å². The monoisotopic (exact) mass is 332 g/mol. The smallest absolute Gasteiger partial charge is 0.306 e. The van der Waals surface area contributed by atoms with E-state index >= 15 is 0 Å². The highest BCUT2D eigenvalue weighted by Gasteiger charge is 2.47. The molecule has 24 heavy (non-hydrogen) atoms. The Morgan fingerprint density at radius 2 is 2.04 bits per heavy atom. The average Bonchev–Trinajstić information content (AvgIpc) is 2.51. The van der Waals surface area contributed by atoms with Crippen LogP contribution in [0.5, 0.6) is 0 Å². The fourth-order valence-electron chi connectivity index (χ4n) is 2.88. The minimum atomic E-state index is -1.39. The highest BCUT2D eigenvalue weighted by atomic mass is 16.5. The van der Waals surface area contributed by atoms with Crippen molar-refractivity contribution in [2.24, 2.45) is 10.9 Å². The Morgan fingerprint density at radius 3 is 2.58 bits per heavy atom. The summed E-state index contributed by atoms with van der Waals surface area (Å²) in [6, 6.07) is 8.97. The Kier molecular flexibility index (Phi) is 5.59. The van der Waals surface area contributed by atoms with E-state index < -0.39 is 11.5 Å². The number of carbonyl (C=O) groups is 2. The number of carboxylic acid groups (broad SMARTS) is 1. The van der Waals surface area contributed by atoms with Gasteiger partial charge in [-0.05, 0) is 18.4 Å². The highest BCUT2D eigenvalue weighted by Crippen LogP contribution is 2.28. The molecule has 1 aromatic rings. The molecule has 2 atom stereocenters. The maximum Gasteiger partial charge on any atom is 0.306 e. The molecule has 0 aliphatic carbocycles. The molecule has 1 heterocycles. The van der Waals surface area contributed by atoms with Crippen molar-refractivity contribution in [3.63, 3.8) is 0 Å². The molecule has 0 saturated carbocycles. The van der Waals surface area contributed by atoms with Crippen molar-refractivity contribution < 1.29 is 19.4 Å². The Morgan fingerprint density at radius 1 is 1.38 bits per heavy atom. The number of hydrogen-bond acceptors (Lipinski definition) is 4. The highest BCUT2D eigenvalue weighted by molar-refractivity contribution is 6.00. The van der Waals surface area contributed by atoms with Crippen molar-refractivity contribution in [3.05, 3.63) is 35.9 Å². The van der Waals surface area contributed by atoms with Gasteiger partial charge in [-0.2, -0.15) is 0 Å². The van der Waals surface area contributed by atoms with Gasteiger partial charge in [-0.3, -0.25) is 9.59 Å². The summed E-state index contributed by atoms with van der Waals surface area (Å²) in [5.74, 6) is -0.928. The maximum absolute atomic E-state index is 12.8. The normalized spacial score (nSPS) is 23.6.